The van der Waals surface area contributed by atoms with E-state index in [1.807, 2.05) is 34.9 Å². The molecule has 5 nitrogen and oxygen atoms in total. The Bertz CT molecular complexity index is 900. The van der Waals surface area contributed by atoms with Gasteiger partial charge in [0.15, 0.2) is 0 Å². The fraction of sp³-hybridized carbons (Fsp3) is 0.389. The van der Waals surface area contributed by atoms with Crippen molar-refractivity contribution in [1.82, 2.24) is 20.2 Å². The molecule has 1 unspecified atom stereocenters. The monoisotopic (exact) mass is 374 g/mol. The van der Waals surface area contributed by atoms with E-state index >= 15 is 0 Å². The second-order valence-electron chi connectivity index (χ2n) is 6.34. The number of thiophene rings is 2. The minimum absolute atomic E-state index is 0.0420. The van der Waals surface area contributed by atoms with Crippen LogP contribution in [0.2, 0.25) is 0 Å². The number of hydrogen-bond acceptors (Lipinski definition) is 6. The van der Waals surface area contributed by atoms with Crippen molar-refractivity contribution in [2.45, 2.75) is 26.8 Å². The van der Waals surface area contributed by atoms with Gasteiger partial charge in [-0.05, 0) is 62.8 Å². The van der Waals surface area contributed by atoms with E-state index in [9.17, 15) is 4.79 Å². The Labute approximate surface area is 155 Å². The number of hydrogen-bond donors (Lipinski definition) is 1. The molecule has 0 aliphatic rings. The van der Waals surface area contributed by atoms with Crippen molar-refractivity contribution in [3.8, 4) is 0 Å². The second-order valence-corrected chi connectivity index (χ2v) is 8.12. The molecule has 0 aliphatic heterocycles. The van der Waals surface area contributed by atoms with Crippen molar-refractivity contribution in [1.29, 1.82) is 0 Å². The van der Waals surface area contributed by atoms with Gasteiger partial charge >= 0.3 is 0 Å². The lowest BCUT2D eigenvalue weighted by atomic mass is 10.1. The topological polar surface area (TPSA) is 58.1 Å². The van der Waals surface area contributed by atoms with Crippen molar-refractivity contribution < 1.29 is 4.79 Å². The molecule has 0 saturated carbocycles. The van der Waals surface area contributed by atoms with Crippen LogP contribution in [0.1, 0.15) is 38.4 Å². The van der Waals surface area contributed by atoms with Crippen molar-refractivity contribution in [2.24, 2.45) is 0 Å². The molecule has 3 aromatic rings. The normalized spacial score (nSPS) is 12.7. The fourth-order valence-corrected chi connectivity index (χ4v) is 4.92. The second kappa shape index (κ2) is 7.19. The quantitative estimate of drug-likeness (QED) is 0.740. The highest BCUT2D eigenvalue weighted by atomic mass is 32.1. The molecule has 0 fully saturated rings. The molecule has 0 saturated heterocycles. The van der Waals surface area contributed by atoms with Crippen LogP contribution < -0.4 is 5.32 Å². The maximum absolute atomic E-state index is 12.8. The SMILES string of the molecule is Cc1nc(C)c2c(C)c(C(=O)NCC(c3ccsc3)N(C)C)sc2n1. The number of carbonyl (C=O) groups is 1. The van der Waals surface area contributed by atoms with Crippen molar-refractivity contribution in [3.63, 3.8) is 0 Å². The molecular weight excluding hydrogens is 352 g/mol. The third kappa shape index (κ3) is 3.58. The van der Waals surface area contributed by atoms with E-state index < -0.39 is 0 Å². The Kier molecular flexibility index (Phi) is 5.17. The maximum Gasteiger partial charge on any atom is 0.261 e. The largest absolute Gasteiger partial charge is 0.349 e. The lowest BCUT2D eigenvalue weighted by molar-refractivity contribution is 0.0945. The number of carbonyl (C=O) groups excluding carboxylic acids is 1. The lowest BCUT2D eigenvalue weighted by Crippen LogP contribution is -2.34. The molecule has 132 valence electrons. The van der Waals surface area contributed by atoms with Gasteiger partial charge in [0.1, 0.15) is 10.7 Å². The molecular formula is C18H22N4OS2. The van der Waals surface area contributed by atoms with Gasteiger partial charge in [0.05, 0.1) is 10.9 Å². The van der Waals surface area contributed by atoms with Crippen LogP contribution in [0.5, 0.6) is 0 Å². The highest BCUT2D eigenvalue weighted by molar-refractivity contribution is 7.20. The number of nitrogens with one attached hydrogen (secondary N) is 1. The van der Waals surface area contributed by atoms with E-state index in [0.717, 1.165) is 32.2 Å². The van der Waals surface area contributed by atoms with E-state index in [4.69, 9.17) is 0 Å². The smallest absolute Gasteiger partial charge is 0.261 e. The predicted octanol–water partition coefficient (Wildman–Crippen LogP) is 3.71. The summed E-state index contributed by atoms with van der Waals surface area (Å²) in [7, 11) is 4.06. The predicted molar refractivity (Wildman–Crippen MR) is 105 cm³/mol. The van der Waals surface area contributed by atoms with Crippen molar-refractivity contribution in [3.05, 3.63) is 44.3 Å². The van der Waals surface area contributed by atoms with Gasteiger partial charge in [-0.2, -0.15) is 11.3 Å². The zero-order valence-electron chi connectivity index (χ0n) is 15.1. The molecule has 7 heteroatoms. The first kappa shape index (κ1) is 18.0. The lowest BCUT2D eigenvalue weighted by Gasteiger charge is -2.23. The number of rotatable bonds is 5. The zero-order chi connectivity index (χ0) is 18.1. The molecule has 25 heavy (non-hydrogen) atoms. The fourth-order valence-electron chi connectivity index (χ4n) is 3.02. The average molecular weight is 375 g/mol. The van der Waals surface area contributed by atoms with E-state index in [1.54, 1.807) is 11.3 Å². The van der Waals surface area contributed by atoms with Crippen LogP contribution >= 0.6 is 22.7 Å². The number of aryl methyl sites for hydroxylation is 3. The summed E-state index contributed by atoms with van der Waals surface area (Å²) in [5.41, 5.74) is 3.12. The van der Waals surface area contributed by atoms with E-state index in [0.29, 0.717) is 6.54 Å². The number of fused-ring (bicyclic) bond motifs is 1. The average Bonchev–Trinajstić information content (AvgIpc) is 3.15. The number of likely N-dealkylation sites (N-methyl/N-ethyl adjacent to an activating group) is 1. The number of nitrogens with zero attached hydrogens (tertiary/aromatic N) is 3. The maximum atomic E-state index is 12.8. The van der Waals surface area contributed by atoms with Crippen molar-refractivity contribution in [2.75, 3.05) is 20.6 Å². The highest BCUT2D eigenvalue weighted by Crippen LogP contribution is 2.31. The summed E-state index contributed by atoms with van der Waals surface area (Å²) >= 11 is 3.11. The third-order valence-electron chi connectivity index (χ3n) is 4.30. The van der Waals surface area contributed by atoms with E-state index in [1.165, 1.54) is 16.9 Å². The first-order valence-electron chi connectivity index (χ1n) is 8.09. The Balaban J connectivity index is 1.83. The molecule has 1 amide bonds. The molecule has 3 rings (SSSR count). The van der Waals surface area contributed by atoms with Crippen LogP contribution in [-0.4, -0.2) is 41.4 Å². The van der Waals surface area contributed by atoms with Crippen LogP contribution in [0.3, 0.4) is 0 Å². The summed E-state index contributed by atoms with van der Waals surface area (Å²) in [4.78, 5) is 25.4. The van der Waals surface area contributed by atoms with Gasteiger partial charge in [0, 0.05) is 17.6 Å². The van der Waals surface area contributed by atoms with Gasteiger partial charge in [-0.3, -0.25) is 4.79 Å². The minimum Gasteiger partial charge on any atom is -0.349 e. The Hall–Kier alpha value is -1.83. The van der Waals surface area contributed by atoms with Crippen LogP contribution in [0.4, 0.5) is 0 Å². The molecule has 0 radical (unpaired) electrons. The number of aromatic nitrogens is 2. The summed E-state index contributed by atoms with van der Waals surface area (Å²) in [6.07, 6.45) is 0. The van der Waals surface area contributed by atoms with E-state index in [-0.39, 0.29) is 11.9 Å². The standard InChI is InChI=1S/C18H22N4OS2/c1-10-15-11(2)20-12(3)21-18(15)25-16(10)17(23)19-8-14(22(4)5)13-6-7-24-9-13/h6-7,9,14H,8H2,1-5H3,(H,19,23). The summed E-state index contributed by atoms with van der Waals surface area (Å²) in [6, 6.07) is 2.27. The molecule has 1 atom stereocenters. The highest BCUT2D eigenvalue weighted by Gasteiger charge is 2.21. The molecule has 3 heterocycles. The van der Waals surface area contributed by atoms with Crippen molar-refractivity contribution >= 4 is 38.8 Å². The first-order valence-corrected chi connectivity index (χ1v) is 9.85. The number of amides is 1. The van der Waals surface area contributed by atoms with Crippen LogP contribution in [0, 0.1) is 20.8 Å². The van der Waals surface area contributed by atoms with Gasteiger partial charge < -0.3 is 10.2 Å². The summed E-state index contributed by atoms with van der Waals surface area (Å²) in [5.74, 6) is 0.697. The van der Waals surface area contributed by atoms with Crippen LogP contribution in [0.25, 0.3) is 10.2 Å². The minimum atomic E-state index is -0.0420. The van der Waals surface area contributed by atoms with Gasteiger partial charge in [-0.15, -0.1) is 11.3 Å². The Morgan fingerprint density at radius 2 is 2.04 bits per heavy atom. The van der Waals surface area contributed by atoms with Gasteiger partial charge in [0.25, 0.3) is 5.91 Å². The van der Waals surface area contributed by atoms with Gasteiger partial charge in [-0.1, -0.05) is 0 Å². The molecule has 3 aromatic heterocycles. The molecule has 0 aliphatic carbocycles. The first-order chi connectivity index (χ1) is 11.9. The Morgan fingerprint density at radius 1 is 1.28 bits per heavy atom. The molecule has 0 spiro atoms. The van der Waals surface area contributed by atoms with Gasteiger partial charge in [0.2, 0.25) is 0 Å². The summed E-state index contributed by atoms with van der Waals surface area (Å²) < 4.78 is 0. The third-order valence-corrected chi connectivity index (χ3v) is 6.18. The molecule has 0 aromatic carbocycles. The molecule has 0 bridgehead atoms. The Morgan fingerprint density at radius 3 is 2.68 bits per heavy atom. The van der Waals surface area contributed by atoms with Crippen LogP contribution in [-0.2, 0) is 0 Å². The molecule has 1 N–H and O–H groups in total. The van der Waals surface area contributed by atoms with Crippen LogP contribution in [0.15, 0.2) is 16.8 Å². The van der Waals surface area contributed by atoms with E-state index in [2.05, 4.69) is 37.0 Å². The summed E-state index contributed by atoms with van der Waals surface area (Å²) in [6.45, 7) is 6.39. The zero-order valence-corrected chi connectivity index (χ0v) is 16.7. The summed E-state index contributed by atoms with van der Waals surface area (Å²) in [5, 5.41) is 8.28. The van der Waals surface area contributed by atoms with Gasteiger partial charge in [-0.25, -0.2) is 9.97 Å².